The summed E-state index contributed by atoms with van der Waals surface area (Å²) in [6.07, 6.45) is 0. The van der Waals surface area contributed by atoms with Crippen LogP contribution in [0.15, 0.2) is 54.6 Å². The molecule has 1 heterocycles. The SMILES string of the molecule is CC(=O)c1cccc(NC(=O)CN(C)Cc2c(C)nn(-c3ccccc3)c2C)c1. The lowest BCUT2D eigenvalue weighted by Gasteiger charge is -2.17. The van der Waals surface area contributed by atoms with Gasteiger partial charge in [0, 0.05) is 29.1 Å². The number of amides is 1. The first-order chi connectivity index (χ1) is 13.8. The summed E-state index contributed by atoms with van der Waals surface area (Å²) in [7, 11) is 1.91. The van der Waals surface area contributed by atoms with Crippen LogP contribution in [0.2, 0.25) is 0 Å². The Morgan fingerprint density at radius 2 is 1.79 bits per heavy atom. The second-order valence-electron chi connectivity index (χ2n) is 7.25. The van der Waals surface area contributed by atoms with Crippen molar-refractivity contribution in [3.8, 4) is 5.69 Å². The molecule has 1 aromatic heterocycles. The molecular formula is C23H26N4O2. The lowest BCUT2D eigenvalue weighted by molar-refractivity contribution is -0.117. The standard InChI is InChI=1S/C23H26N4O2/c1-16-22(17(2)27(25-16)21-11-6-5-7-12-21)14-26(4)15-23(29)24-20-10-8-9-19(13-20)18(3)28/h5-13H,14-15H2,1-4H3,(H,24,29). The van der Waals surface area contributed by atoms with Crippen molar-refractivity contribution < 1.29 is 9.59 Å². The van der Waals surface area contributed by atoms with Gasteiger partial charge in [0.15, 0.2) is 5.78 Å². The minimum atomic E-state index is -0.126. The van der Waals surface area contributed by atoms with Crippen LogP contribution in [0, 0.1) is 13.8 Å². The number of anilines is 1. The minimum Gasteiger partial charge on any atom is -0.325 e. The Morgan fingerprint density at radius 3 is 2.48 bits per heavy atom. The maximum atomic E-state index is 12.4. The van der Waals surface area contributed by atoms with Gasteiger partial charge in [0.25, 0.3) is 0 Å². The van der Waals surface area contributed by atoms with Gasteiger partial charge in [0.2, 0.25) is 5.91 Å². The molecule has 150 valence electrons. The van der Waals surface area contributed by atoms with Gasteiger partial charge < -0.3 is 5.32 Å². The highest BCUT2D eigenvalue weighted by Gasteiger charge is 2.16. The van der Waals surface area contributed by atoms with Gasteiger partial charge in [-0.25, -0.2) is 4.68 Å². The first kappa shape index (κ1) is 20.5. The summed E-state index contributed by atoms with van der Waals surface area (Å²) >= 11 is 0. The molecule has 0 atom stereocenters. The van der Waals surface area contributed by atoms with E-state index in [1.54, 1.807) is 24.3 Å². The molecule has 0 fully saturated rings. The molecular weight excluding hydrogens is 364 g/mol. The van der Waals surface area contributed by atoms with Crippen LogP contribution in [0.25, 0.3) is 5.69 Å². The monoisotopic (exact) mass is 390 g/mol. The summed E-state index contributed by atoms with van der Waals surface area (Å²) in [5.74, 6) is -0.154. The summed E-state index contributed by atoms with van der Waals surface area (Å²) in [5.41, 5.74) is 5.35. The molecule has 0 aliphatic heterocycles. The van der Waals surface area contributed by atoms with Gasteiger partial charge in [0.1, 0.15) is 0 Å². The molecule has 0 aliphatic rings. The Morgan fingerprint density at radius 1 is 1.07 bits per heavy atom. The number of ketones is 1. The number of hydrogen-bond acceptors (Lipinski definition) is 4. The second kappa shape index (κ2) is 8.84. The van der Waals surface area contributed by atoms with E-state index in [-0.39, 0.29) is 18.2 Å². The maximum absolute atomic E-state index is 12.4. The molecule has 2 aromatic carbocycles. The number of benzene rings is 2. The number of likely N-dealkylation sites (N-methyl/N-ethyl adjacent to an activating group) is 1. The van der Waals surface area contributed by atoms with E-state index in [0.717, 1.165) is 22.6 Å². The quantitative estimate of drug-likeness (QED) is 0.624. The fraction of sp³-hybridized carbons (Fsp3) is 0.261. The number of Topliss-reactive ketones (excluding diaryl/α,β-unsaturated/α-hetero) is 1. The van der Waals surface area contributed by atoms with Crippen molar-refractivity contribution >= 4 is 17.4 Å². The van der Waals surface area contributed by atoms with Crippen molar-refractivity contribution in [1.29, 1.82) is 0 Å². The lowest BCUT2D eigenvalue weighted by Crippen LogP contribution is -2.30. The third kappa shape index (κ3) is 4.97. The molecule has 6 nitrogen and oxygen atoms in total. The van der Waals surface area contributed by atoms with E-state index in [2.05, 4.69) is 10.4 Å². The molecule has 0 radical (unpaired) electrons. The normalized spacial score (nSPS) is 10.9. The Kier molecular flexibility index (Phi) is 6.24. The zero-order chi connectivity index (χ0) is 21.0. The number of carbonyl (C=O) groups excluding carboxylic acids is 2. The average Bonchev–Trinajstić information content (AvgIpc) is 2.97. The molecule has 0 saturated carbocycles. The van der Waals surface area contributed by atoms with Crippen LogP contribution < -0.4 is 5.32 Å². The van der Waals surface area contributed by atoms with E-state index < -0.39 is 0 Å². The van der Waals surface area contributed by atoms with Crippen molar-refractivity contribution in [3.63, 3.8) is 0 Å². The average molecular weight is 390 g/mol. The molecule has 3 rings (SSSR count). The third-order valence-corrected chi connectivity index (χ3v) is 4.84. The fourth-order valence-electron chi connectivity index (χ4n) is 3.31. The first-order valence-corrected chi connectivity index (χ1v) is 9.55. The Bertz CT molecular complexity index is 1020. The van der Waals surface area contributed by atoms with Crippen LogP contribution >= 0.6 is 0 Å². The molecule has 29 heavy (non-hydrogen) atoms. The van der Waals surface area contributed by atoms with Crippen LogP contribution in [-0.2, 0) is 11.3 Å². The molecule has 0 aliphatic carbocycles. The molecule has 3 aromatic rings. The van der Waals surface area contributed by atoms with Crippen LogP contribution in [0.4, 0.5) is 5.69 Å². The summed E-state index contributed by atoms with van der Waals surface area (Å²) in [6.45, 7) is 6.40. The predicted octanol–water partition coefficient (Wildman–Crippen LogP) is 3.76. The lowest BCUT2D eigenvalue weighted by atomic mass is 10.1. The van der Waals surface area contributed by atoms with E-state index in [9.17, 15) is 9.59 Å². The molecule has 1 N–H and O–H groups in total. The number of aryl methyl sites for hydroxylation is 1. The first-order valence-electron chi connectivity index (χ1n) is 9.55. The highest BCUT2D eigenvalue weighted by molar-refractivity contribution is 5.97. The van der Waals surface area contributed by atoms with Crippen molar-refractivity contribution in [2.45, 2.75) is 27.3 Å². The van der Waals surface area contributed by atoms with Crippen molar-refractivity contribution in [1.82, 2.24) is 14.7 Å². The zero-order valence-corrected chi connectivity index (χ0v) is 17.3. The Hall–Kier alpha value is -3.25. The topological polar surface area (TPSA) is 67.2 Å². The van der Waals surface area contributed by atoms with E-state index in [4.69, 9.17) is 0 Å². The van der Waals surface area contributed by atoms with Gasteiger partial charge in [-0.3, -0.25) is 14.5 Å². The van der Waals surface area contributed by atoms with Gasteiger partial charge in [-0.1, -0.05) is 30.3 Å². The molecule has 0 spiro atoms. The van der Waals surface area contributed by atoms with E-state index >= 15 is 0 Å². The third-order valence-electron chi connectivity index (χ3n) is 4.84. The molecule has 1 amide bonds. The molecule has 0 bridgehead atoms. The zero-order valence-electron chi connectivity index (χ0n) is 17.3. The van der Waals surface area contributed by atoms with E-state index in [1.807, 2.05) is 60.8 Å². The minimum absolute atomic E-state index is 0.0282. The largest absolute Gasteiger partial charge is 0.325 e. The Balaban J connectivity index is 1.66. The van der Waals surface area contributed by atoms with Crippen LogP contribution in [-0.4, -0.2) is 40.0 Å². The summed E-state index contributed by atoms with van der Waals surface area (Å²) in [5, 5.41) is 7.52. The Labute approximate surface area is 171 Å². The smallest absolute Gasteiger partial charge is 0.238 e. The van der Waals surface area contributed by atoms with Crippen LogP contribution in [0.3, 0.4) is 0 Å². The van der Waals surface area contributed by atoms with Crippen LogP contribution in [0.1, 0.15) is 34.2 Å². The second-order valence-corrected chi connectivity index (χ2v) is 7.25. The van der Waals surface area contributed by atoms with Crippen LogP contribution in [0.5, 0.6) is 0 Å². The number of para-hydroxylation sites is 1. The number of hydrogen-bond donors (Lipinski definition) is 1. The van der Waals surface area contributed by atoms with Gasteiger partial charge in [0.05, 0.1) is 17.9 Å². The number of nitrogens with zero attached hydrogens (tertiary/aromatic N) is 3. The van der Waals surface area contributed by atoms with Crippen molar-refractivity contribution in [2.24, 2.45) is 0 Å². The molecule has 0 unspecified atom stereocenters. The number of rotatable bonds is 7. The summed E-state index contributed by atoms with van der Waals surface area (Å²) in [4.78, 5) is 25.9. The van der Waals surface area contributed by atoms with Gasteiger partial charge >= 0.3 is 0 Å². The highest BCUT2D eigenvalue weighted by Crippen LogP contribution is 2.19. The van der Waals surface area contributed by atoms with Gasteiger partial charge in [-0.15, -0.1) is 0 Å². The highest BCUT2D eigenvalue weighted by atomic mass is 16.2. The summed E-state index contributed by atoms with van der Waals surface area (Å²) in [6, 6.07) is 17.0. The van der Waals surface area contributed by atoms with E-state index in [1.165, 1.54) is 6.92 Å². The van der Waals surface area contributed by atoms with Gasteiger partial charge in [-0.2, -0.15) is 5.10 Å². The van der Waals surface area contributed by atoms with E-state index in [0.29, 0.717) is 17.8 Å². The number of nitrogens with one attached hydrogen (secondary N) is 1. The fourth-order valence-corrected chi connectivity index (χ4v) is 3.31. The number of aromatic nitrogens is 2. The predicted molar refractivity (Wildman–Crippen MR) is 114 cm³/mol. The van der Waals surface area contributed by atoms with Crippen molar-refractivity contribution in [2.75, 3.05) is 18.9 Å². The maximum Gasteiger partial charge on any atom is 0.238 e. The van der Waals surface area contributed by atoms with Gasteiger partial charge in [-0.05, 0) is 52.1 Å². The van der Waals surface area contributed by atoms with Crippen molar-refractivity contribution in [3.05, 3.63) is 77.1 Å². The summed E-state index contributed by atoms with van der Waals surface area (Å²) < 4.78 is 1.94. The molecule has 0 saturated heterocycles. The molecule has 6 heteroatoms. The number of carbonyl (C=O) groups is 2.